The van der Waals surface area contributed by atoms with Crippen LogP contribution in [0.2, 0.25) is 0 Å². The molecule has 1 atom stereocenters. The number of likely N-dealkylation sites (tertiary alicyclic amines) is 1. The van der Waals surface area contributed by atoms with Gasteiger partial charge in [0.2, 0.25) is 15.9 Å². The number of carbonyl (C=O) groups excluding carboxylic acids is 1. The van der Waals surface area contributed by atoms with Gasteiger partial charge < -0.3 is 15.7 Å². The molecule has 0 unspecified atom stereocenters. The SMILES string of the molecule is C[C@@]1(CO)CC2(CCN(C(=O)CCN)CC2)CN1S(C)(=O)=O. The third-order valence-corrected chi connectivity index (χ3v) is 6.48. The van der Waals surface area contributed by atoms with E-state index in [1.807, 2.05) is 4.90 Å². The lowest BCUT2D eigenvalue weighted by Crippen LogP contribution is -2.47. The van der Waals surface area contributed by atoms with Gasteiger partial charge in [-0.2, -0.15) is 4.31 Å². The molecule has 8 heteroatoms. The molecule has 0 aliphatic carbocycles. The van der Waals surface area contributed by atoms with Crippen molar-refractivity contribution < 1.29 is 18.3 Å². The molecule has 1 amide bonds. The molecule has 7 nitrogen and oxygen atoms in total. The molecule has 1 spiro atoms. The lowest BCUT2D eigenvalue weighted by atomic mass is 9.74. The highest BCUT2D eigenvalue weighted by Crippen LogP contribution is 2.48. The summed E-state index contributed by atoms with van der Waals surface area (Å²) in [6, 6.07) is 0. The summed E-state index contributed by atoms with van der Waals surface area (Å²) in [6.07, 6.45) is 3.73. The number of hydrogen-bond acceptors (Lipinski definition) is 5. The van der Waals surface area contributed by atoms with Crippen molar-refractivity contribution in [2.24, 2.45) is 11.1 Å². The van der Waals surface area contributed by atoms with Crippen molar-refractivity contribution in [1.82, 2.24) is 9.21 Å². The van der Waals surface area contributed by atoms with Crippen LogP contribution in [0.15, 0.2) is 0 Å². The van der Waals surface area contributed by atoms with Crippen molar-refractivity contribution >= 4 is 15.9 Å². The maximum absolute atomic E-state index is 12.0. The van der Waals surface area contributed by atoms with Gasteiger partial charge in [-0.3, -0.25) is 4.79 Å². The van der Waals surface area contributed by atoms with Crippen LogP contribution in [0.5, 0.6) is 0 Å². The third kappa shape index (κ3) is 3.29. The van der Waals surface area contributed by atoms with Gasteiger partial charge in [-0.05, 0) is 31.6 Å². The van der Waals surface area contributed by atoms with E-state index in [1.54, 1.807) is 6.92 Å². The predicted octanol–water partition coefficient (Wildman–Crippen LogP) is -0.640. The number of carbonyl (C=O) groups is 1. The Kier molecular flexibility index (Phi) is 4.87. The molecule has 0 aromatic rings. The van der Waals surface area contributed by atoms with E-state index in [9.17, 15) is 18.3 Å². The highest BCUT2D eigenvalue weighted by atomic mass is 32.2. The first-order chi connectivity index (χ1) is 10.2. The van der Waals surface area contributed by atoms with E-state index >= 15 is 0 Å². The molecule has 0 radical (unpaired) electrons. The molecule has 2 aliphatic rings. The molecule has 2 saturated heterocycles. The van der Waals surface area contributed by atoms with Crippen molar-refractivity contribution in [2.75, 3.05) is 39.0 Å². The Morgan fingerprint density at radius 3 is 2.32 bits per heavy atom. The Bertz CT molecular complexity index is 528. The molecule has 0 aromatic carbocycles. The average molecular weight is 333 g/mol. The summed E-state index contributed by atoms with van der Waals surface area (Å²) < 4.78 is 25.5. The summed E-state index contributed by atoms with van der Waals surface area (Å²) in [5.41, 5.74) is 4.54. The fourth-order valence-electron chi connectivity index (χ4n) is 3.95. The zero-order valence-electron chi connectivity index (χ0n) is 13.4. The minimum atomic E-state index is -3.36. The summed E-state index contributed by atoms with van der Waals surface area (Å²) in [6.45, 7) is 3.68. The van der Waals surface area contributed by atoms with Crippen LogP contribution in [0.25, 0.3) is 0 Å². The molecule has 0 bridgehead atoms. The first-order valence-corrected chi connectivity index (χ1v) is 9.57. The number of nitrogens with zero attached hydrogens (tertiary/aromatic N) is 2. The zero-order chi connectivity index (χ0) is 16.6. The van der Waals surface area contributed by atoms with E-state index in [1.165, 1.54) is 10.6 Å². The van der Waals surface area contributed by atoms with Crippen LogP contribution in [0.3, 0.4) is 0 Å². The molecule has 128 valence electrons. The number of hydrogen-bond donors (Lipinski definition) is 2. The van der Waals surface area contributed by atoms with E-state index in [-0.39, 0.29) is 17.9 Å². The Balaban J connectivity index is 2.10. The largest absolute Gasteiger partial charge is 0.394 e. The van der Waals surface area contributed by atoms with Gasteiger partial charge >= 0.3 is 0 Å². The van der Waals surface area contributed by atoms with Crippen molar-refractivity contribution in [1.29, 1.82) is 0 Å². The van der Waals surface area contributed by atoms with Gasteiger partial charge in [0.05, 0.1) is 18.4 Å². The number of amides is 1. The average Bonchev–Trinajstić information content (AvgIpc) is 2.74. The lowest BCUT2D eigenvalue weighted by Gasteiger charge is -2.39. The summed E-state index contributed by atoms with van der Waals surface area (Å²) in [5, 5.41) is 9.70. The molecule has 2 aliphatic heterocycles. The van der Waals surface area contributed by atoms with Crippen molar-refractivity contribution in [3.8, 4) is 0 Å². The highest BCUT2D eigenvalue weighted by molar-refractivity contribution is 7.88. The second kappa shape index (κ2) is 6.07. The third-order valence-electron chi connectivity index (χ3n) is 5.11. The van der Waals surface area contributed by atoms with Gasteiger partial charge in [-0.25, -0.2) is 8.42 Å². The summed E-state index contributed by atoms with van der Waals surface area (Å²) in [4.78, 5) is 13.7. The Hall–Kier alpha value is -0.700. The maximum Gasteiger partial charge on any atom is 0.223 e. The van der Waals surface area contributed by atoms with Crippen LogP contribution < -0.4 is 5.73 Å². The Labute approximate surface area is 132 Å². The first-order valence-electron chi connectivity index (χ1n) is 7.72. The standard InChI is InChI=1S/C14H27N3O4S/c1-13(11-18)9-14(10-17(13)22(2,20)21)4-7-16(8-5-14)12(19)3-6-15/h18H,3-11,15H2,1-2H3/t13-/m0/s1. The van der Waals surface area contributed by atoms with E-state index in [0.29, 0.717) is 39.0 Å². The summed E-state index contributed by atoms with van der Waals surface area (Å²) >= 11 is 0. The topological polar surface area (TPSA) is 104 Å². The smallest absolute Gasteiger partial charge is 0.223 e. The molecular formula is C14H27N3O4S. The van der Waals surface area contributed by atoms with Gasteiger partial charge in [0, 0.05) is 32.6 Å². The number of piperidine rings is 1. The zero-order valence-corrected chi connectivity index (χ0v) is 14.2. The van der Waals surface area contributed by atoms with Gasteiger partial charge in [-0.1, -0.05) is 0 Å². The molecular weight excluding hydrogens is 306 g/mol. The van der Waals surface area contributed by atoms with E-state index in [4.69, 9.17) is 5.73 Å². The number of aliphatic hydroxyl groups is 1. The van der Waals surface area contributed by atoms with Crippen LogP contribution in [-0.2, 0) is 14.8 Å². The van der Waals surface area contributed by atoms with Crippen LogP contribution in [0, 0.1) is 5.41 Å². The highest BCUT2D eigenvalue weighted by Gasteiger charge is 2.54. The van der Waals surface area contributed by atoms with Crippen LogP contribution in [0.1, 0.15) is 32.6 Å². The number of aliphatic hydroxyl groups excluding tert-OH is 1. The minimum absolute atomic E-state index is 0.0697. The normalized spacial score (nSPS) is 29.2. The van der Waals surface area contributed by atoms with Crippen LogP contribution in [0.4, 0.5) is 0 Å². The number of nitrogens with two attached hydrogens (primary N) is 1. The van der Waals surface area contributed by atoms with E-state index in [0.717, 1.165) is 12.8 Å². The number of sulfonamides is 1. The molecule has 2 heterocycles. The lowest BCUT2D eigenvalue weighted by molar-refractivity contribution is -0.133. The quantitative estimate of drug-likeness (QED) is 0.712. The van der Waals surface area contributed by atoms with Crippen molar-refractivity contribution in [3.05, 3.63) is 0 Å². The van der Waals surface area contributed by atoms with Crippen molar-refractivity contribution in [2.45, 2.75) is 38.1 Å². The van der Waals surface area contributed by atoms with Crippen LogP contribution in [-0.4, -0.2) is 73.2 Å². The van der Waals surface area contributed by atoms with Gasteiger partial charge in [-0.15, -0.1) is 0 Å². The van der Waals surface area contributed by atoms with E-state index in [2.05, 4.69) is 0 Å². The fraction of sp³-hybridized carbons (Fsp3) is 0.929. The molecule has 0 saturated carbocycles. The van der Waals surface area contributed by atoms with E-state index < -0.39 is 15.6 Å². The Morgan fingerprint density at radius 2 is 1.91 bits per heavy atom. The summed E-state index contributed by atoms with van der Waals surface area (Å²) in [5.74, 6) is 0.0697. The Morgan fingerprint density at radius 1 is 1.32 bits per heavy atom. The van der Waals surface area contributed by atoms with Crippen molar-refractivity contribution in [3.63, 3.8) is 0 Å². The molecule has 2 rings (SSSR count). The fourth-order valence-corrected chi connectivity index (χ4v) is 5.38. The minimum Gasteiger partial charge on any atom is -0.394 e. The van der Waals surface area contributed by atoms with Gasteiger partial charge in [0.25, 0.3) is 0 Å². The van der Waals surface area contributed by atoms with Gasteiger partial charge in [0.15, 0.2) is 0 Å². The maximum atomic E-state index is 12.0. The second-order valence-electron chi connectivity index (χ2n) is 7.02. The van der Waals surface area contributed by atoms with Crippen LogP contribution >= 0.6 is 0 Å². The molecule has 0 aromatic heterocycles. The second-order valence-corrected chi connectivity index (χ2v) is 8.93. The van der Waals surface area contributed by atoms with Gasteiger partial charge in [0.1, 0.15) is 0 Å². The molecule has 22 heavy (non-hydrogen) atoms. The first kappa shape index (κ1) is 17.7. The predicted molar refractivity (Wildman–Crippen MR) is 83.6 cm³/mol. The molecule has 2 fully saturated rings. The summed E-state index contributed by atoms with van der Waals surface area (Å²) in [7, 11) is -3.36. The molecule has 3 N–H and O–H groups in total. The number of rotatable bonds is 4. The monoisotopic (exact) mass is 333 g/mol.